The predicted molar refractivity (Wildman–Crippen MR) is 15.6 cm³/mol. The Labute approximate surface area is 32.3 Å². The van der Waals surface area contributed by atoms with Crippen LogP contribution in [0.25, 0.3) is 0 Å². The maximum Gasteiger partial charge on any atom is 0.610 e. The molecule has 0 saturated heterocycles. The van der Waals surface area contributed by atoms with Crippen LogP contribution in [0.2, 0.25) is 0 Å². The van der Waals surface area contributed by atoms with Gasteiger partial charge in [0, 0.05) is 0 Å². The molecule has 0 rings (SSSR count). The Kier molecular flexibility index (Phi) is 2.59. The number of hydrogen-bond donors (Lipinski definition) is 1. The molecule has 0 bridgehead atoms. The van der Waals surface area contributed by atoms with Crippen LogP contribution in [0.4, 0.5) is 0 Å². The molecule has 0 amide bonds. The van der Waals surface area contributed by atoms with Crippen LogP contribution in [0.5, 0.6) is 0 Å². The molecule has 2 radical (unpaired) electrons. The van der Waals surface area contributed by atoms with Crippen LogP contribution >= 0.6 is 7.58 Å². The van der Waals surface area contributed by atoms with Crippen molar-refractivity contribution in [1.82, 2.24) is 0 Å². The van der Waals surface area contributed by atoms with Gasteiger partial charge in [0.1, 0.15) is 0 Å². The lowest BCUT2D eigenvalue weighted by molar-refractivity contribution is -0.159. The van der Waals surface area contributed by atoms with Crippen LogP contribution in [0.1, 0.15) is 0 Å². The Balaban J connectivity index is 2.85. The van der Waals surface area contributed by atoms with E-state index in [1.165, 1.54) is 0 Å². The first kappa shape index (κ1) is 5.24. The van der Waals surface area contributed by atoms with Crippen LogP contribution < -0.4 is 4.89 Å². The molecule has 5 heavy (non-hydrogen) atoms. The van der Waals surface area contributed by atoms with Crippen molar-refractivity contribution in [1.29, 1.82) is 0 Å². The maximum absolute atomic E-state index is 9.17. The standard InChI is InChI=1S/HO3PSi/c1-4(2)5-3/h3H. The monoisotopic (exact) mass is 108 g/mol. The summed E-state index contributed by atoms with van der Waals surface area (Å²) < 4.78 is 9.17. The van der Waals surface area contributed by atoms with E-state index < -0.39 is 17.0 Å². The molecule has 0 aromatic rings. The molecule has 1 unspecified atom stereocenters. The zero-order valence-electron chi connectivity index (χ0n) is 2.21. The quantitative estimate of drug-likeness (QED) is 0.332. The summed E-state index contributed by atoms with van der Waals surface area (Å²) in [6.07, 6.45) is 0. The fourth-order valence-corrected chi connectivity index (χ4v) is 0. The van der Waals surface area contributed by atoms with E-state index in [-0.39, 0.29) is 0 Å². The van der Waals surface area contributed by atoms with E-state index in [2.05, 4.69) is 0 Å². The van der Waals surface area contributed by atoms with E-state index in [1.54, 1.807) is 0 Å². The smallest absolute Gasteiger partial charge is 0.607 e. The van der Waals surface area contributed by atoms with Crippen LogP contribution in [-0.4, -0.2) is 14.2 Å². The fraction of sp³-hybridized carbons (Fsp3) is 0. The zero-order chi connectivity index (χ0) is 4.28. The van der Waals surface area contributed by atoms with Crippen molar-refractivity contribution < 1.29 is 14.3 Å². The lowest BCUT2D eigenvalue weighted by atomic mass is 15.9. The Morgan fingerprint density at radius 3 is 2.20 bits per heavy atom. The van der Waals surface area contributed by atoms with Crippen molar-refractivity contribution >= 4 is 17.0 Å². The van der Waals surface area contributed by atoms with Crippen molar-refractivity contribution in [2.24, 2.45) is 0 Å². The van der Waals surface area contributed by atoms with Crippen molar-refractivity contribution in [3.05, 3.63) is 0 Å². The van der Waals surface area contributed by atoms with Crippen LogP contribution in [-0.2, 0) is 4.57 Å². The summed E-state index contributed by atoms with van der Waals surface area (Å²) in [7, 11) is -3.45. The van der Waals surface area contributed by atoms with Crippen LogP contribution in [0.3, 0.4) is 0 Å². The highest BCUT2D eigenvalue weighted by Gasteiger charge is 1.98. The molecule has 1 N–H and O–H groups in total. The van der Waals surface area contributed by atoms with Gasteiger partial charge in [-0.1, -0.05) is 4.57 Å². The Bertz CT molecular complexity index is 42.2. The Morgan fingerprint density at radius 2 is 2.20 bits per heavy atom. The van der Waals surface area contributed by atoms with Crippen molar-refractivity contribution in [3.8, 4) is 0 Å². The second kappa shape index (κ2) is 2.47. The molecule has 0 aromatic heterocycles. The molecule has 3 nitrogen and oxygen atoms in total. The topological polar surface area (TPSA) is 60.4 Å². The number of hydrogen-bond acceptors (Lipinski definition) is 3. The molecule has 0 aliphatic heterocycles. The summed E-state index contributed by atoms with van der Waals surface area (Å²) >= 11 is 0. The van der Waals surface area contributed by atoms with E-state index >= 15 is 0 Å². The molecule has 1 atom stereocenters. The average Bonchev–Trinajstić information content (AvgIpc) is 1.38. The molecule has 0 heterocycles. The molecular formula is HO3PSi. The second-order valence-corrected chi connectivity index (χ2v) is 2.77. The normalized spacial score (nSPS) is 11.2. The van der Waals surface area contributed by atoms with E-state index in [0.717, 1.165) is 0 Å². The minimum Gasteiger partial charge on any atom is -0.607 e. The minimum absolute atomic E-state index is 0.932. The van der Waals surface area contributed by atoms with Crippen molar-refractivity contribution in [3.63, 3.8) is 0 Å². The predicted octanol–water partition coefficient (Wildman–Crippen LogP) is -1.38. The third-order valence-electron chi connectivity index (χ3n) is 0.0816. The minimum atomic E-state index is -2.51. The van der Waals surface area contributed by atoms with Gasteiger partial charge in [-0.25, -0.2) is 0 Å². The zero-order valence-corrected chi connectivity index (χ0v) is 4.11. The maximum atomic E-state index is 9.17. The fourth-order valence-electron chi connectivity index (χ4n) is 0. The van der Waals surface area contributed by atoms with E-state index in [9.17, 15) is 0 Å². The van der Waals surface area contributed by atoms with Gasteiger partial charge in [-0.15, -0.1) is 0 Å². The van der Waals surface area contributed by atoms with Crippen molar-refractivity contribution in [2.45, 2.75) is 0 Å². The third kappa shape index (κ3) is 4.24. The van der Waals surface area contributed by atoms with Gasteiger partial charge >= 0.3 is 9.43 Å². The lowest BCUT2D eigenvalue weighted by Gasteiger charge is -1.66. The highest BCUT2D eigenvalue weighted by Crippen LogP contribution is 1.95. The Hall–Kier alpha value is 0.237. The van der Waals surface area contributed by atoms with Gasteiger partial charge in [0.15, 0.2) is 0 Å². The summed E-state index contributed by atoms with van der Waals surface area (Å²) in [5.74, 6) is 0. The van der Waals surface area contributed by atoms with Gasteiger partial charge in [0.2, 0.25) is 0 Å². The van der Waals surface area contributed by atoms with Gasteiger partial charge in [-0.2, -0.15) is 0 Å². The first-order valence-corrected chi connectivity index (χ1v) is 3.78. The van der Waals surface area contributed by atoms with E-state index in [0.29, 0.717) is 0 Å². The lowest BCUT2D eigenvalue weighted by Crippen LogP contribution is -1.91. The van der Waals surface area contributed by atoms with Gasteiger partial charge in [0.05, 0.1) is 0 Å². The summed E-state index contributed by atoms with van der Waals surface area (Å²) in [5.41, 5.74) is 0. The highest BCUT2D eigenvalue weighted by molar-refractivity contribution is 7.68. The molecular weight excluding hydrogens is 107 g/mol. The van der Waals surface area contributed by atoms with Gasteiger partial charge < -0.3 is 9.69 Å². The highest BCUT2D eigenvalue weighted by atomic mass is 31.4. The van der Waals surface area contributed by atoms with E-state index in [4.69, 9.17) is 14.3 Å². The molecule has 28 valence electrons. The molecule has 0 aromatic carbocycles. The average molecular weight is 108 g/mol. The largest absolute Gasteiger partial charge is 0.610 e. The molecule has 0 aliphatic carbocycles. The second-order valence-electron chi connectivity index (χ2n) is 0.357. The molecule has 0 spiro atoms. The van der Waals surface area contributed by atoms with E-state index in [1.807, 2.05) is 0 Å². The van der Waals surface area contributed by atoms with Crippen LogP contribution in [0, 0.1) is 0 Å². The summed E-state index contributed by atoms with van der Waals surface area (Å²) in [5, 5.41) is 0. The molecule has 0 fully saturated rings. The third-order valence-corrected chi connectivity index (χ3v) is 0.735. The summed E-state index contributed by atoms with van der Waals surface area (Å²) in [6, 6.07) is 0. The summed E-state index contributed by atoms with van der Waals surface area (Å²) in [4.78, 5) is 16.7. The SMILES string of the molecule is O=[P+]([O-])[Si]O. The first-order chi connectivity index (χ1) is 2.27. The van der Waals surface area contributed by atoms with Gasteiger partial charge in [-0.05, 0) is 0 Å². The Morgan fingerprint density at radius 1 is 2.00 bits per heavy atom. The first-order valence-electron chi connectivity index (χ1n) is 0.812. The molecule has 5 heteroatoms. The summed E-state index contributed by atoms with van der Waals surface area (Å²) in [6.45, 7) is 0. The van der Waals surface area contributed by atoms with Gasteiger partial charge in [0.25, 0.3) is 7.58 Å². The van der Waals surface area contributed by atoms with Gasteiger partial charge in [-0.3, -0.25) is 0 Å². The van der Waals surface area contributed by atoms with Crippen LogP contribution in [0.15, 0.2) is 0 Å². The molecule has 0 saturated carbocycles. The van der Waals surface area contributed by atoms with Crippen molar-refractivity contribution in [2.75, 3.05) is 0 Å². The molecule has 0 aliphatic rings. The number of rotatable bonds is 1.